The van der Waals surface area contributed by atoms with Crippen molar-refractivity contribution in [1.29, 1.82) is 0 Å². The van der Waals surface area contributed by atoms with Gasteiger partial charge in [0.25, 0.3) is 0 Å². The molecule has 0 amide bonds. The van der Waals surface area contributed by atoms with Gasteiger partial charge in [-0.15, -0.1) is 11.8 Å². The molecule has 23 heavy (non-hydrogen) atoms. The Labute approximate surface area is 143 Å². The van der Waals surface area contributed by atoms with Crippen LogP contribution in [-0.4, -0.2) is 68.2 Å². The Morgan fingerprint density at radius 1 is 1.26 bits per heavy atom. The van der Waals surface area contributed by atoms with Crippen molar-refractivity contribution in [1.82, 2.24) is 9.91 Å². The van der Waals surface area contributed by atoms with Crippen LogP contribution in [0.2, 0.25) is 0 Å². The van der Waals surface area contributed by atoms with E-state index in [0.717, 1.165) is 48.2 Å². The summed E-state index contributed by atoms with van der Waals surface area (Å²) < 4.78 is 10.8. The molecular weight excluding hydrogens is 310 g/mol. The summed E-state index contributed by atoms with van der Waals surface area (Å²) in [5.41, 5.74) is 2.24. The molecule has 1 aliphatic heterocycles. The fraction of sp³-hybridized carbons (Fsp3) is 0.588. The molecule has 0 bridgehead atoms. The number of methoxy groups -OCH3 is 2. The lowest BCUT2D eigenvalue weighted by atomic mass is 10.0. The van der Waals surface area contributed by atoms with E-state index in [2.05, 4.69) is 37.0 Å². The van der Waals surface area contributed by atoms with Crippen molar-refractivity contribution in [3.8, 4) is 11.5 Å². The van der Waals surface area contributed by atoms with E-state index >= 15 is 0 Å². The van der Waals surface area contributed by atoms with Crippen molar-refractivity contribution in [2.45, 2.75) is 18.6 Å². The van der Waals surface area contributed by atoms with Crippen LogP contribution in [0.1, 0.15) is 18.9 Å². The van der Waals surface area contributed by atoms with Crippen molar-refractivity contribution in [3.63, 3.8) is 0 Å². The van der Waals surface area contributed by atoms with Gasteiger partial charge in [-0.25, -0.2) is 0 Å². The van der Waals surface area contributed by atoms with E-state index in [1.165, 1.54) is 0 Å². The second-order valence-electron chi connectivity index (χ2n) is 5.78. The molecule has 1 aliphatic rings. The number of hydrogen-bond donors (Lipinski definition) is 0. The minimum absolute atomic E-state index is 0.420. The van der Waals surface area contributed by atoms with E-state index in [-0.39, 0.29) is 0 Å². The van der Waals surface area contributed by atoms with Gasteiger partial charge in [0.1, 0.15) is 0 Å². The third kappa shape index (κ3) is 4.54. The lowest BCUT2D eigenvalue weighted by Crippen LogP contribution is -2.35. The predicted molar refractivity (Wildman–Crippen MR) is 97.9 cm³/mol. The SMILES string of the molecule is CCC1SCN(CCN(C)C)N=C1c1ccc(OC)c(OC)c1. The van der Waals surface area contributed by atoms with Crippen LogP contribution >= 0.6 is 11.8 Å². The summed E-state index contributed by atoms with van der Waals surface area (Å²) in [4.78, 5) is 2.18. The van der Waals surface area contributed by atoms with Crippen LogP contribution < -0.4 is 9.47 Å². The number of ether oxygens (including phenoxy) is 2. The van der Waals surface area contributed by atoms with E-state index in [4.69, 9.17) is 14.6 Å². The highest BCUT2D eigenvalue weighted by Gasteiger charge is 2.24. The number of likely N-dealkylation sites (N-methyl/N-ethyl adjacent to an activating group) is 1. The smallest absolute Gasteiger partial charge is 0.161 e. The highest BCUT2D eigenvalue weighted by Crippen LogP contribution is 2.32. The van der Waals surface area contributed by atoms with E-state index in [1.807, 2.05) is 23.9 Å². The fourth-order valence-corrected chi connectivity index (χ4v) is 3.60. The Bertz CT molecular complexity index is 549. The summed E-state index contributed by atoms with van der Waals surface area (Å²) in [5.74, 6) is 2.44. The molecule has 1 aromatic rings. The number of thioether (sulfide) groups is 1. The van der Waals surface area contributed by atoms with Crippen LogP contribution in [0.25, 0.3) is 0 Å². The first kappa shape index (κ1) is 17.9. The molecule has 0 aromatic heterocycles. The molecule has 128 valence electrons. The molecule has 2 rings (SSSR count). The Morgan fingerprint density at radius 2 is 2.00 bits per heavy atom. The van der Waals surface area contributed by atoms with E-state index in [1.54, 1.807) is 14.2 Å². The third-order valence-corrected chi connectivity index (χ3v) is 5.24. The first-order valence-electron chi connectivity index (χ1n) is 7.91. The van der Waals surface area contributed by atoms with Gasteiger partial charge in [0, 0.05) is 18.7 Å². The van der Waals surface area contributed by atoms with Crippen LogP contribution in [0.5, 0.6) is 11.5 Å². The molecule has 0 saturated carbocycles. The van der Waals surface area contributed by atoms with Gasteiger partial charge in [0.15, 0.2) is 11.5 Å². The Hall–Kier alpha value is -1.40. The Kier molecular flexibility index (Phi) is 6.59. The molecule has 1 heterocycles. The van der Waals surface area contributed by atoms with Gasteiger partial charge in [-0.05, 0) is 38.7 Å². The zero-order chi connectivity index (χ0) is 16.8. The standard InChI is InChI=1S/C17H27N3O2S/c1-6-16-17(18-20(12-23-16)10-9-19(2)3)13-7-8-14(21-4)15(11-13)22-5/h7-8,11,16H,6,9-10,12H2,1-5H3. The van der Waals surface area contributed by atoms with E-state index in [0.29, 0.717) is 5.25 Å². The Balaban J connectivity index is 2.28. The first-order valence-corrected chi connectivity index (χ1v) is 8.96. The molecule has 1 aromatic carbocycles. The second-order valence-corrected chi connectivity index (χ2v) is 6.94. The number of hydrogen-bond acceptors (Lipinski definition) is 6. The minimum atomic E-state index is 0.420. The largest absolute Gasteiger partial charge is 0.493 e. The molecule has 6 heteroatoms. The van der Waals surface area contributed by atoms with Crippen molar-refractivity contribution in [2.24, 2.45) is 5.10 Å². The summed E-state index contributed by atoms with van der Waals surface area (Å²) in [6.07, 6.45) is 1.07. The third-order valence-electron chi connectivity index (χ3n) is 3.83. The molecular formula is C17H27N3O2S. The maximum absolute atomic E-state index is 5.44. The maximum atomic E-state index is 5.44. The molecule has 0 aliphatic carbocycles. The van der Waals surface area contributed by atoms with Gasteiger partial charge in [-0.3, -0.25) is 5.01 Å². The van der Waals surface area contributed by atoms with Gasteiger partial charge in [-0.2, -0.15) is 5.10 Å². The molecule has 0 radical (unpaired) electrons. The van der Waals surface area contributed by atoms with Crippen LogP contribution in [0.3, 0.4) is 0 Å². The van der Waals surface area contributed by atoms with Crippen LogP contribution in [0.15, 0.2) is 23.3 Å². The Morgan fingerprint density at radius 3 is 2.61 bits per heavy atom. The van der Waals surface area contributed by atoms with Gasteiger partial charge in [0.05, 0.1) is 31.1 Å². The first-order chi connectivity index (χ1) is 11.1. The highest BCUT2D eigenvalue weighted by atomic mass is 32.2. The summed E-state index contributed by atoms with van der Waals surface area (Å²) in [6, 6.07) is 6.04. The molecule has 0 saturated heterocycles. The topological polar surface area (TPSA) is 37.3 Å². The van der Waals surface area contributed by atoms with Gasteiger partial charge in [0.2, 0.25) is 0 Å². The van der Waals surface area contributed by atoms with E-state index in [9.17, 15) is 0 Å². The molecule has 0 spiro atoms. The maximum Gasteiger partial charge on any atom is 0.161 e. The number of rotatable bonds is 7. The van der Waals surface area contributed by atoms with Crippen LogP contribution in [0.4, 0.5) is 0 Å². The average molecular weight is 337 g/mol. The highest BCUT2D eigenvalue weighted by molar-refractivity contribution is 8.00. The summed E-state index contributed by atoms with van der Waals surface area (Å²) in [7, 11) is 7.50. The van der Waals surface area contributed by atoms with Crippen LogP contribution in [0, 0.1) is 0 Å². The zero-order valence-electron chi connectivity index (χ0n) is 14.7. The zero-order valence-corrected chi connectivity index (χ0v) is 15.5. The summed E-state index contributed by atoms with van der Waals surface area (Å²) in [5, 5.41) is 7.49. The average Bonchev–Trinajstić information content (AvgIpc) is 2.58. The number of nitrogens with zero attached hydrogens (tertiary/aromatic N) is 3. The van der Waals surface area contributed by atoms with Crippen molar-refractivity contribution in [3.05, 3.63) is 23.8 Å². The molecule has 0 fully saturated rings. The molecule has 0 N–H and O–H groups in total. The van der Waals surface area contributed by atoms with Crippen LogP contribution in [-0.2, 0) is 0 Å². The van der Waals surface area contributed by atoms with Crippen molar-refractivity contribution >= 4 is 17.5 Å². The number of hydrazone groups is 1. The minimum Gasteiger partial charge on any atom is -0.493 e. The summed E-state index contributed by atoms with van der Waals surface area (Å²) >= 11 is 1.95. The normalized spacial score (nSPS) is 18.1. The molecule has 5 nitrogen and oxygen atoms in total. The van der Waals surface area contributed by atoms with E-state index < -0.39 is 0 Å². The van der Waals surface area contributed by atoms with Gasteiger partial charge < -0.3 is 14.4 Å². The predicted octanol–water partition coefficient (Wildman–Crippen LogP) is 2.75. The quantitative estimate of drug-likeness (QED) is 0.765. The lowest BCUT2D eigenvalue weighted by Gasteiger charge is -2.31. The van der Waals surface area contributed by atoms with Gasteiger partial charge >= 0.3 is 0 Å². The molecule has 1 unspecified atom stereocenters. The number of benzene rings is 1. The van der Waals surface area contributed by atoms with Crippen molar-refractivity contribution < 1.29 is 9.47 Å². The monoisotopic (exact) mass is 337 g/mol. The molecule has 1 atom stereocenters. The summed E-state index contributed by atoms with van der Waals surface area (Å²) in [6.45, 7) is 4.15. The van der Waals surface area contributed by atoms with Crippen molar-refractivity contribution in [2.75, 3.05) is 47.3 Å². The van der Waals surface area contributed by atoms with Gasteiger partial charge in [-0.1, -0.05) is 6.92 Å². The lowest BCUT2D eigenvalue weighted by molar-refractivity contribution is 0.281. The second kappa shape index (κ2) is 8.45. The fourth-order valence-electron chi connectivity index (χ4n) is 2.48.